The van der Waals surface area contributed by atoms with Crippen molar-refractivity contribution in [1.82, 2.24) is 20.6 Å². The third kappa shape index (κ3) is 5.40. The van der Waals surface area contributed by atoms with Crippen LogP contribution in [0.5, 0.6) is 11.5 Å². The number of carbonyl (C=O) groups is 3. The molecule has 0 unspecified atom stereocenters. The number of amides is 3. The van der Waals surface area contributed by atoms with Crippen LogP contribution in [0, 0.1) is 0 Å². The fraction of sp³-hybridized carbons (Fsp3) is 0.231. The molecule has 3 N–H and O–H groups in total. The van der Waals surface area contributed by atoms with Crippen molar-refractivity contribution in [3.63, 3.8) is 0 Å². The molecule has 3 amide bonds. The monoisotopic (exact) mass is 505 g/mol. The Hall–Kier alpha value is -4.80. The van der Waals surface area contributed by atoms with E-state index in [-0.39, 0.29) is 12.2 Å². The molecule has 4 rings (SSSR count). The summed E-state index contributed by atoms with van der Waals surface area (Å²) in [7, 11) is 4.66. The van der Waals surface area contributed by atoms with Gasteiger partial charge in [-0.25, -0.2) is 15.0 Å². The number of aromatic nitrogens is 1. The molecule has 0 bridgehead atoms. The van der Waals surface area contributed by atoms with Gasteiger partial charge in [-0.2, -0.15) is 5.10 Å². The van der Waals surface area contributed by atoms with Gasteiger partial charge in [0.2, 0.25) is 0 Å². The van der Waals surface area contributed by atoms with Crippen LogP contribution in [0.25, 0.3) is 10.9 Å². The Balaban J connectivity index is 1.43. The van der Waals surface area contributed by atoms with Crippen LogP contribution < -0.4 is 25.5 Å². The summed E-state index contributed by atoms with van der Waals surface area (Å²) in [5.74, 6) is -0.408. The van der Waals surface area contributed by atoms with Crippen LogP contribution in [0.4, 0.5) is 4.79 Å². The van der Waals surface area contributed by atoms with Crippen molar-refractivity contribution in [2.45, 2.75) is 13.0 Å². The molecule has 0 spiro atoms. The number of ether oxygens (including phenoxy) is 3. The van der Waals surface area contributed by atoms with Gasteiger partial charge in [0, 0.05) is 35.4 Å². The lowest BCUT2D eigenvalue weighted by atomic mass is 9.95. The number of urea groups is 1. The number of hydrogen-bond donors (Lipinski definition) is 3. The molecule has 0 aliphatic carbocycles. The minimum atomic E-state index is -0.754. The maximum absolute atomic E-state index is 12.3. The zero-order valence-corrected chi connectivity index (χ0v) is 20.8. The highest BCUT2D eigenvalue weighted by Crippen LogP contribution is 2.34. The van der Waals surface area contributed by atoms with E-state index in [4.69, 9.17) is 14.2 Å². The van der Waals surface area contributed by atoms with Gasteiger partial charge < -0.3 is 29.4 Å². The lowest BCUT2D eigenvalue weighted by Gasteiger charge is -2.28. The number of carbonyl (C=O) groups excluding carboxylic acids is 3. The zero-order chi connectivity index (χ0) is 26.5. The van der Waals surface area contributed by atoms with E-state index in [9.17, 15) is 14.4 Å². The smallest absolute Gasteiger partial charge is 0.337 e. The number of fused-ring (bicyclic) bond motifs is 1. The van der Waals surface area contributed by atoms with E-state index in [0.717, 1.165) is 16.5 Å². The van der Waals surface area contributed by atoms with Gasteiger partial charge in [0.05, 0.1) is 32.0 Å². The Labute approximate surface area is 213 Å². The summed E-state index contributed by atoms with van der Waals surface area (Å²) >= 11 is 0. The molecule has 1 atom stereocenters. The van der Waals surface area contributed by atoms with Crippen LogP contribution in [0.15, 0.2) is 65.0 Å². The number of benzene rings is 2. The van der Waals surface area contributed by atoms with Gasteiger partial charge in [0.1, 0.15) is 0 Å². The highest BCUT2D eigenvalue weighted by Gasteiger charge is 2.32. The summed E-state index contributed by atoms with van der Waals surface area (Å²) in [4.78, 5) is 36.7. The average Bonchev–Trinajstić information content (AvgIpc) is 3.21. The van der Waals surface area contributed by atoms with Crippen molar-refractivity contribution < 1.29 is 28.6 Å². The van der Waals surface area contributed by atoms with Gasteiger partial charge in [-0.15, -0.1) is 0 Å². The lowest BCUT2D eigenvalue weighted by molar-refractivity contribution is -0.136. The SMILES string of the molecule is COC(=O)C1=C(C)NC(=O)N[C@@H]1c1ccc(OCC(=O)N/N=C\c2cn(C)c3ccccc23)c(OC)c1. The van der Waals surface area contributed by atoms with Crippen LogP contribution >= 0.6 is 0 Å². The Morgan fingerprint density at radius 1 is 1.16 bits per heavy atom. The Kier molecular flexibility index (Phi) is 7.42. The predicted molar refractivity (Wildman–Crippen MR) is 136 cm³/mol. The van der Waals surface area contributed by atoms with Crippen molar-refractivity contribution in [1.29, 1.82) is 0 Å². The van der Waals surface area contributed by atoms with Crippen molar-refractivity contribution in [2.75, 3.05) is 20.8 Å². The van der Waals surface area contributed by atoms with Gasteiger partial charge >= 0.3 is 12.0 Å². The average molecular weight is 506 g/mol. The minimum absolute atomic E-state index is 0.265. The summed E-state index contributed by atoms with van der Waals surface area (Å²) in [6.45, 7) is 1.31. The molecule has 2 heterocycles. The summed E-state index contributed by atoms with van der Waals surface area (Å²) in [5.41, 5.74) is 5.61. The number of nitrogens with one attached hydrogen (secondary N) is 3. The molecule has 3 aromatic rings. The van der Waals surface area contributed by atoms with Crippen molar-refractivity contribution >= 4 is 35.0 Å². The third-order valence-corrected chi connectivity index (χ3v) is 5.87. The van der Waals surface area contributed by atoms with E-state index >= 15 is 0 Å². The number of nitrogens with zero attached hydrogens (tertiary/aromatic N) is 2. The summed E-state index contributed by atoms with van der Waals surface area (Å²) in [6, 6.07) is 11.6. The zero-order valence-electron chi connectivity index (χ0n) is 20.8. The first-order valence-corrected chi connectivity index (χ1v) is 11.4. The third-order valence-electron chi connectivity index (χ3n) is 5.87. The van der Waals surface area contributed by atoms with E-state index in [1.165, 1.54) is 14.2 Å². The molecule has 1 aliphatic rings. The standard InChI is InChI=1S/C26H27N5O6/c1-15-23(25(33)36-4)24(29-26(34)28-15)16-9-10-20(21(11-16)35-3)37-14-22(32)30-27-12-17-13-31(2)19-8-6-5-7-18(17)19/h5-13,24H,14H2,1-4H3,(H,30,32)(H2,28,29,34)/b27-12-/t24-/m1/s1. The molecule has 0 saturated heterocycles. The molecule has 11 nitrogen and oxygen atoms in total. The topological polar surface area (TPSA) is 132 Å². The van der Waals surface area contributed by atoms with Crippen LogP contribution in [0.1, 0.15) is 24.1 Å². The van der Waals surface area contributed by atoms with Gasteiger partial charge in [-0.05, 0) is 30.7 Å². The molecule has 0 radical (unpaired) electrons. The fourth-order valence-corrected chi connectivity index (χ4v) is 4.13. The summed E-state index contributed by atoms with van der Waals surface area (Å²) < 4.78 is 17.9. The van der Waals surface area contributed by atoms with E-state index in [1.807, 2.05) is 42.1 Å². The Morgan fingerprint density at radius 2 is 1.95 bits per heavy atom. The first kappa shape index (κ1) is 25.3. The van der Waals surface area contributed by atoms with Crippen LogP contribution in [-0.4, -0.2) is 49.5 Å². The molecule has 0 fully saturated rings. The first-order chi connectivity index (χ1) is 17.8. The minimum Gasteiger partial charge on any atom is -0.493 e. The number of aryl methyl sites for hydroxylation is 1. The number of rotatable bonds is 8. The molecule has 1 aromatic heterocycles. The number of allylic oxidation sites excluding steroid dienone is 1. The van der Waals surface area contributed by atoms with Crippen LogP contribution in [0.3, 0.4) is 0 Å². The summed E-state index contributed by atoms with van der Waals surface area (Å²) in [5, 5.41) is 10.3. The van der Waals surface area contributed by atoms with E-state index in [2.05, 4.69) is 21.2 Å². The largest absolute Gasteiger partial charge is 0.493 e. The maximum Gasteiger partial charge on any atom is 0.337 e. The second-order valence-corrected chi connectivity index (χ2v) is 8.27. The Morgan fingerprint density at radius 3 is 2.70 bits per heavy atom. The number of hydrogen-bond acceptors (Lipinski definition) is 7. The van der Waals surface area contributed by atoms with Gasteiger partial charge in [-0.3, -0.25) is 4.79 Å². The van der Waals surface area contributed by atoms with Crippen LogP contribution in [0.2, 0.25) is 0 Å². The van der Waals surface area contributed by atoms with Crippen LogP contribution in [-0.2, 0) is 21.4 Å². The number of hydrazone groups is 1. The Bertz CT molecular complexity index is 1420. The van der Waals surface area contributed by atoms with Gasteiger partial charge in [-0.1, -0.05) is 24.3 Å². The van der Waals surface area contributed by atoms with Gasteiger partial charge in [0.15, 0.2) is 18.1 Å². The van der Waals surface area contributed by atoms with E-state index in [0.29, 0.717) is 22.8 Å². The number of esters is 1. The quantitative estimate of drug-likeness (QED) is 0.245. The molecule has 11 heteroatoms. The van der Waals surface area contributed by atoms with E-state index < -0.39 is 23.9 Å². The van der Waals surface area contributed by atoms with Gasteiger partial charge in [0.25, 0.3) is 5.91 Å². The second kappa shape index (κ2) is 10.9. The predicted octanol–water partition coefficient (Wildman–Crippen LogP) is 2.52. The maximum atomic E-state index is 12.3. The first-order valence-electron chi connectivity index (χ1n) is 11.4. The molecular formula is C26H27N5O6. The summed E-state index contributed by atoms with van der Waals surface area (Å²) in [6.07, 6.45) is 3.51. The van der Waals surface area contributed by atoms with Crippen molar-refractivity contribution in [3.8, 4) is 11.5 Å². The molecule has 0 saturated carbocycles. The molecular weight excluding hydrogens is 478 g/mol. The lowest BCUT2D eigenvalue weighted by Crippen LogP contribution is -2.45. The highest BCUT2D eigenvalue weighted by molar-refractivity contribution is 5.99. The van der Waals surface area contributed by atoms with Crippen molar-refractivity contribution in [3.05, 3.63) is 71.1 Å². The normalized spacial score (nSPS) is 15.4. The molecule has 1 aliphatic heterocycles. The van der Waals surface area contributed by atoms with E-state index in [1.54, 1.807) is 31.3 Å². The highest BCUT2D eigenvalue weighted by atomic mass is 16.5. The fourth-order valence-electron chi connectivity index (χ4n) is 4.13. The second-order valence-electron chi connectivity index (χ2n) is 8.27. The molecule has 192 valence electrons. The molecule has 2 aromatic carbocycles. The molecule has 37 heavy (non-hydrogen) atoms. The van der Waals surface area contributed by atoms with Crippen molar-refractivity contribution in [2.24, 2.45) is 12.1 Å². The number of methoxy groups -OCH3 is 2. The number of para-hydroxylation sites is 1.